The Bertz CT molecular complexity index is 537. The summed E-state index contributed by atoms with van der Waals surface area (Å²) in [6.45, 7) is 0. The minimum Gasteiger partial charge on any atom is -0.350 e. The average Bonchev–Trinajstić information content (AvgIpc) is 2.25. The quantitative estimate of drug-likeness (QED) is 0.907. The summed E-state index contributed by atoms with van der Waals surface area (Å²) in [5.74, 6) is -2.95. The predicted molar refractivity (Wildman–Crippen MR) is 61.5 cm³/mol. The third-order valence-electron chi connectivity index (χ3n) is 2.04. The highest BCUT2D eigenvalue weighted by Gasteiger charge is 2.12. The van der Waals surface area contributed by atoms with Gasteiger partial charge in [0.15, 0.2) is 11.6 Å². The molecule has 2 nitrogen and oxygen atoms in total. The minimum absolute atomic E-state index is 0.404. The van der Waals surface area contributed by atoms with Gasteiger partial charge in [0.25, 0.3) is 0 Å². The lowest BCUT2D eigenvalue weighted by Gasteiger charge is -2.10. The summed E-state index contributed by atoms with van der Waals surface area (Å²) in [5, 5.41) is 2.53. The molecule has 0 saturated carbocycles. The molecule has 17 heavy (non-hydrogen) atoms. The van der Waals surface area contributed by atoms with Gasteiger partial charge in [-0.25, -0.2) is 13.2 Å². The molecule has 1 aromatic heterocycles. The summed E-state index contributed by atoms with van der Waals surface area (Å²) < 4.78 is 40.0. The number of rotatable bonds is 2. The van der Waals surface area contributed by atoms with E-state index in [2.05, 4.69) is 26.2 Å². The molecule has 0 aliphatic rings. The van der Waals surface area contributed by atoms with E-state index in [1.165, 1.54) is 18.5 Å². The molecular weight excluding hydrogens is 297 g/mol. The SMILES string of the molecule is Fc1cc(F)c(Nc2ccncc2Br)c(F)c1. The van der Waals surface area contributed by atoms with Crippen LogP contribution in [-0.4, -0.2) is 4.98 Å². The van der Waals surface area contributed by atoms with E-state index in [1.54, 1.807) is 0 Å². The summed E-state index contributed by atoms with van der Waals surface area (Å²) >= 11 is 3.17. The smallest absolute Gasteiger partial charge is 0.152 e. The third-order valence-corrected chi connectivity index (χ3v) is 2.67. The number of benzene rings is 1. The van der Waals surface area contributed by atoms with Crippen LogP contribution in [0.25, 0.3) is 0 Å². The Labute approximate surface area is 104 Å². The van der Waals surface area contributed by atoms with Crippen molar-refractivity contribution in [3.63, 3.8) is 0 Å². The van der Waals surface area contributed by atoms with E-state index in [9.17, 15) is 13.2 Å². The molecular formula is C11H6BrF3N2. The van der Waals surface area contributed by atoms with Crippen LogP contribution in [0.1, 0.15) is 0 Å². The predicted octanol–water partition coefficient (Wildman–Crippen LogP) is 4.00. The molecule has 1 heterocycles. The van der Waals surface area contributed by atoms with Gasteiger partial charge in [-0.1, -0.05) is 0 Å². The van der Waals surface area contributed by atoms with Crippen molar-refractivity contribution in [3.8, 4) is 0 Å². The molecule has 2 rings (SSSR count). The van der Waals surface area contributed by atoms with Crippen LogP contribution >= 0.6 is 15.9 Å². The van der Waals surface area contributed by atoms with Crippen LogP contribution in [0.2, 0.25) is 0 Å². The van der Waals surface area contributed by atoms with Gasteiger partial charge < -0.3 is 5.32 Å². The molecule has 1 aromatic carbocycles. The van der Waals surface area contributed by atoms with Crippen LogP contribution in [-0.2, 0) is 0 Å². The zero-order chi connectivity index (χ0) is 12.4. The molecule has 0 atom stereocenters. The van der Waals surface area contributed by atoms with E-state index >= 15 is 0 Å². The maximum Gasteiger partial charge on any atom is 0.152 e. The first-order valence-corrected chi connectivity index (χ1v) is 5.38. The maximum atomic E-state index is 13.4. The lowest BCUT2D eigenvalue weighted by atomic mass is 10.2. The molecule has 0 unspecified atom stereocenters. The zero-order valence-corrected chi connectivity index (χ0v) is 9.93. The molecule has 0 radical (unpaired) electrons. The zero-order valence-electron chi connectivity index (χ0n) is 8.35. The largest absolute Gasteiger partial charge is 0.350 e. The molecule has 0 bridgehead atoms. The average molecular weight is 303 g/mol. The van der Waals surface area contributed by atoms with Gasteiger partial charge in [0.05, 0.1) is 10.2 Å². The molecule has 6 heteroatoms. The van der Waals surface area contributed by atoms with Crippen molar-refractivity contribution in [2.75, 3.05) is 5.32 Å². The Balaban J connectivity index is 2.40. The van der Waals surface area contributed by atoms with Crippen molar-refractivity contribution in [1.29, 1.82) is 0 Å². The van der Waals surface area contributed by atoms with Gasteiger partial charge in [0.2, 0.25) is 0 Å². The topological polar surface area (TPSA) is 24.9 Å². The van der Waals surface area contributed by atoms with E-state index in [-0.39, 0.29) is 0 Å². The molecule has 88 valence electrons. The van der Waals surface area contributed by atoms with E-state index in [0.29, 0.717) is 22.3 Å². The molecule has 2 aromatic rings. The summed E-state index contributed by atoms with van der Waals surface area (Å²) in [6, 6.07) is 2.76. The van der Waals surface area contributed by atoms with Gasteiger partial charge in [0.1, 0.15) is 11.5 Å². The summed E-state index contributed by atoms with van der Waals surface area (Å²) in [7, 11) is 0. The Morgan fingerprint density at radius 3 is 2.35 bits per heavy atom. The third kappa shape index (κ3) is 2.58. The fourth-order valence-electron chi connectivity index (χ4n) is 1.27. The van der Waals surface area contributed by atoms with Crippen molar-refractivity contribution in [3.05, 3.63) is 52.5 Å². The lowest BCUT2D eigenvalue weighted by molar-refractivity contribution is 0.549. The second kappa shape index (κ2) is 4.75. The standard InChI is InChI=1S/C11H6BrF3N2/c12-7-5-16-2-1-10(7)17-11-8(14)3-6(13)4-9(11)15/h1-5H,(H,16,17). The van der Waals surface area contributed by atoms with Crippen LogP contribution in [0.3, 0.4) is 0 Å². The van der Waals surface area contributed by atoms with Crippen LogP contribution < -0.4 is 5.32 Å². The number of nitrogens with zero attached hydrogens (tertiary/aromatic N) is 1. The van der Waals surface area contributed by atoms with Crippen molar-refractivity contribution >= 4 is 27.3 Å². The number of hydrogen-bond donors (Lipinski definition) is 1. The summed E-state index contributed by atoms with van der Waals surface area (Å²) in [5.41, 5.74) is 0.0303. The van der Waals surface area contributed by atoms with Gasteiger partial charge >= 0.3 is 0 Å². The minimum atomic E-state index is -0.994. The molecule has 0 saturated heterocycles. The van der Waals surface area contributed by atoms with Crippen LogP contribution in [0.4, 0.5) is 24.5 Å². The Kier molecular flexibility index (Phi) is 3.33. The fraction of sp³-hybridized carbons (Fsp3) is 0. The molecule has 0 aliphatic carbocycles. The molecule has 0 amide bonds. The first-order chi connectivity index (χ1) is 8.08. The van der Waals surface area contributed by atoms with Crippen LogP contribution in [0.15, 0.2) is 35.1 Å². The fourth-order valence-corrected chi connectivity index (χ4v) is 1.62. The Hall–Kier alpha value is -1.56. The highest BCUT2D eigenvalue weighted by atomic mass is 79.9. The summed E-state index contributed by atoms with van der Waals surface area (Å²) in [4.78, 5) is 3.81. The van der Waals surface area contributed by atoms with E-state index in [0.717, 1.165) is 0 Å². The Morgan fingerprint density at radius 1 is 1.12 bits per heavy atom. The van der Waals surface area contributed by atoms with Crippen molar-refractivity contribution in [2.24, 2.45) is 0 Å². The van der Waals surface area contributed by atoms with Crippen molar-refractivity contribution in [2.45, 2.75) is 0 Å². The van der Waals surface area contributed by atoms with Gasteiger partial charge in [-0.2, -0.15) is 0 Å². The van der Waals surface area contributed by atoms with Crippen molar-refractivity contribution in [1.82, 2.24) is 4.98 Å². The molecule has 0 aliphatic heterocycles. The number of halogens is 4. The van der Waals surface area contributed by atoms with Crippen molar-refractivity contribution < 1.29 is 13.2 Å². The second-order valence-electron chi connectivity index (χ2n) is 3.22. The van der Waals surface area contributed by atoms with E-state index in [1.807, 2.05) is 0 Å². The first-order valence-electron chi connectivity index (χ1n) is 4.59. The maximum absolute atomic E-state index is 13.4. The number of nitrogens with one attached hydrogen (secondary N) is 1. The van der Waals surface area contributed by atoms with Gasteiger partial charge in [-0.05, 0) is 22.0 Å². The van der Waals surface area contributed by atoms with Gasteiger partial charge in [0, 0.05) is 24.5 Å². The molecule has 1 N–H and O–H groups in total. The van der Waals surface area contributed by atoms with Crippen LogP contribution in [0.5, 0.6) is 0 Å². The lowest BCUT2D eigenvalue weighted by Crippen LogP contribution is -1.99. The number of anilines is 2. The van der Waals surface area contributed by atoms with E-state index in [4.69, 9.17) is 0 Å². The van der Waals surface area contributed by atoms with Gasteiger partial charge in [-0.3, -0.25) is 4.98 Å². The number of aromatic nitrogens is 1. The monoisotopic (exact) mass is 302 g/mol. The van der Waals surface area contributed by atoms with E-state index < -0.39 is 23.1 Å². The Morgan fingerprint density at radius 2 is 1.76 bits per heavy atom. The number of hydrogen-bond acceptors (Lipinski definition) is 2. The van der Waals surface area contributed by atoms with Crippen LogP contribution in [0, 0.1) is 17.5 Å². The molecule has 0 fully saturated rings. The normalized spacial score (nSPS) is 10.4. The number of pyridine rings is 1. The highest BCUT2D eigenvalue weighted by molar-refractivity contribution is 9.10. The van der Waals surface area contributed by atoms with Gasteiger partial charge in [-0.15, -0.1) is 0 Å². The summed E-state index contributed by atoms with van der Waals surface area (Å²) in [6.07, 6.45) is 2.94. The second-order valence-corrected chi connectivity index (χ2v) is 4.08. The highest BCUT2D eigenvalue weighted by Crippen LogP contribution is 2.28. The first kappa shape index (κ1) is 11.9. The molecule has 0 spiro atoms.